The number of esters is 4. The Balaban J connectivity index is 5.21. The Morgan fingerprint density at radius 2 is 0.455 bits per heavy atom. The molecule has 0 aromatic rings. The van der Waals surface area contributed by atoms with E-state index in [1.54, 1.807) is 0 Å². The molecule has 101 heavy (non-hydrogen) atoms. The normalized spacial score (nSPS) is 13.8. The molecule has 5 atom stereocenters. The van der Waals surface area contributed by atoms with Crippen LogP contribution in [0.3, 0.4) is 0 Å². The van der Waals surface area contributed by atoms with Gasteiger partial charge in [0, 0.05) is 25.7 Å². The number of unbranched alkanes of at least 4 members (excludes halogenated alkanes) is 54. The molecular weight excluding hydrogens is 1320 g/mol. The molecule has 3 N–H and O–H groups in total. The average molecular weight is 1480 g/mol. The largest absolute Gasteiger partial charge is 0.472 e. The summed E-state index contributed by atoms with van der Waals surface area (Å²) in [5, 5.41) is 10.6. The Bertz CT molecular complexity index is 1930. The van der Waals surface area contributed by atoms with Gasteiger partial charge < -0.3 is 33.8 Å². The van der Waals surface area contributed by atoms with Gasteiger partial charge in [-0.1, -0.05) is 388 Å². The highest BCUT2D eigenvalue weighted by molar-refractivity contribution is 7.47. The topological polar surface area (TPSA) is 237 Å². The van der Waals surface area contributed by atoms with Crippen LogP contribution >= 0.6 is 15.6 Å². The van der Waals surface area contributed by atoms with Crippen molar-refractivity contribution in [2.24, 2.45) is 5.92 Å². The first kappa shape index (κ1) is 99.1. The monoisotopic (exact) mass is 1480 g/mol. The molecule has 0 saturated carbocycles. The minimum atomic E-state index is -4.96. The van der Waals surface area contributed by atoms with Crippen molar-refractivity contribution in [1.82, 2.24) is 0 Å². The van der Waals surface area contributed by atoms with Gasteiger partial charge in [0.25, 0.3) is 0 Å². The Kier molecular flexibility index (Phi) is 73.5. The fraction of sp³-hybridized carbons (Fsp3) is 0.951. The van der Waals surface area contributed by atoms with Crippen molar-refractivity contribution < 1.29 is 80.2 Å². The number of hydrogen-bond donors (Lipinski definition) is 3. The van der Waals surface area contributed by atoms with Gasteiger partial charge in [-0.05, 0) is 31.6 Å². The SMILES string of the molecule is CCCCCCCCCCCCCCCCCCCCCCCCC(=O)O[C@H](COC(=O)CCCCCCCCCCCCCCCCC)COP(=O)(O)OC[C@@H](O)COP(=O)(O)OC[C@@H](COC(=O)CCCCCCCCCCCCCC)OC(=O)CCCCCCCCCCCC(C)C. The highest BCUT2D eigenvalue weighted by Gasteiger charge is 2.30. The summed E-state index contributed by atoms with van der Waals surface area (Å²) in [6.07, 6.45) is 66.7. The molecule has 0 aromatic carbocycles. The first-order valence-corrected chi connectivity index (χ1v) is 45.6. The zero-order valence-electron chi connectivity index (χ0n) is 66.1. The number of aliphatic hydroxyl groups is 1. The van der Waals surface area contributed by atoms with E-state index in [1.807, 2.05) is 0 Å². The van der Waals surface area contributed by atoms with Gasteiger partial charge in [0.1, 0.15) is 19.3 Å². The highest BCUT2D eigenvalue weighted by atomic mass is 31.2. The van der Waals surface area contributed by atoms with Crippen molar-refractivity contribution in [3.05, 3.63) is 0 Å². The lowest BCUT2D eigenvalue weighted by atomic mass is 10.0. The minimum Gasteiger partial charge on any atom is -0.462 e. The Labute approximate surface area is 619 Å². The fourth-order valence-electron chi connectivity index (χ4n) is 12.8. The molecule has 0 radical (unpaired) electrons. The molecule has 0 fully saturated rings. The lowest BCUT2D eigenvalue weighted by Gasteiger charge is -2.21. The second-order valence-corrected chi connectivity index (χ2v) is 32.9. The fourth-order valence-corrected chi connectivity index (χ4v) is 14.3. The van der Waals surface area contributed by atoms with Crippen molar-refractivity contribution in [2.45, 2.75) is 457 Å². The van der Waals surface area contributed by atoms with Crippen molar-refractivity contribution in [2.75, 3.05) is 39.6 Å². The van der Waals surface area contributed by atoms with Crippen LogP contribution in [0, 0.1) is 5.92 Å². The van der Waals surface area contributed by atoms with E-state index < -0.39 is 97.5 Å². The predicted octanol–water partition coefficient (Wildman–Crippen LogP) is 24.8. The number of carbonyl (C=O) groups excluding carboxylic acids is 4. The van der Waals surface area contributed by atoms with Gasteiger partial charge in [-0.15, -0.1) is 0 Å². The van der Waals surface area contributed by atoms with E-state index in [4.69, 9.17) is 37.0 Å². The van der Waals surface area contributed by atoms with E-state index in [1.165, 1.54) is 263 Å². The second kappa shape index (κ2) is 74.9. The van der Waals surface area contributed by atoms with E-state index in [-0.39, 0.29) is 25.7 Å². The van der Waals surface area contributed by atoms with Crippen LogP contribution < -0.4 is 0 Å². The Morgan fingerprint density at radius 1 is 0.267 bits per heavy atom. The van der Waals surface area contributed by atoms with Crippen LogP contribution in [0.4, 0.5) is 0 Å². The molecule has 600 valence electrons. The molecule has 0 heterocycles. The minimum absolute atomic E-state index is 0.106. The first-order chi connectivity index (χ1) is 49.0. The number of rotatable bonds is 82. The number of phosphoric acid groups is 2. The van der Waals surface area contributed by atoms with Gasteiger partial charge >= 0.3 is 39.5 Å². The summed E-state index contributed by atoms with van der Waals surface area (Å²) < 4.78 is 68.7. The standard InChI is InChI=1S/C82H160O17P2/c1-6-9-12-15-18-21-24-27-29-30-31-32-33-34-35-37-39-42-47-52-57-62-67-81(86)98-77(71-93-80(85)66-61-56-51-46-41-38-36-28-25-22-19-16-13-10-7-2)73-96-100(88,89)94-69-76(83)70-95-101(90,91)97-74-78(99-82(87)68-63-58-53-48-43-44-49-54-59-64-75(4)5)72-92-79(84)65-60-55-50-45-40-26-23-20-17-14-11-8-3/h75-78,83H,6-74H2,1-5H3,(H,88,89)(H,90,91)/t76-,77-,78-/m1/s1. The number of hydrogen-bond acceptors (Lipinski definition) is 15. The average Bonchev–Trinajstić information content (AvgIpc) is 0.966. The van der Waals surface area contributed by atoms with Crippen LogP contribution in [0.5, 0.6) is 0 Å². The third-order valence-electron chi connectivity index (χ3n) is 19.3. The molecule has 0 bridgehead atoms. The molecule has 0 aliphatic carbocycles. The number of carbonyl (C=O) groups is 4. The van der Waals surface area contributed by atoms with Crippen LogP contribution in [0.15, 0.2) is 0 Å². The van der Waals surface area contributed by atoms with Crippen LogP contribution in [0.2, 0.25) is 0 Å². The number of ether oxygens (including phenoxy) is 4. The lowest BCUT2D eigenvalue weighted by Crippen LogP contribution is -2.30. The molecule has 0 rings (SSSR count). The summed E-state index contributed by atoms with van der Waals surface area (Å²) in [5.41, 5.74) is 0. The van der Waals surface area contributed by atoms with Crippen molar-refractivity contribution >= 4 is 39.5 Å². The highest BCUT2D eigenvalue weighted by Crippen LogP contribution is 2.45. The molecule has 19 heteroatoms. The van der Waals surface area contributed by atoms with Gasteiger partial charge in [0.05, 0.1) is 26.4 Å². The summed E-state index contributed by atoms with van der Waals surface area (Å²) in [4.78, 5) is 73.0. The van der Waals surface area contributed by atoms with E-state index in [0.717, 1.165) is 95.8 Å². The van der Waals surface area contributed by atoms with Crippen LogP contribution in [-0.4, -0.2) is 96.7 Å². The maximum absolute atomic E-state index is 13.1. The summed E-state index contributed by atoms with van der Waals surface area (Å²) in [6, 6.07) is 0. The molecular formula is C82H160O17P2. The first-order valence-electron chi connectivity index (χ1n) is 42.6. The molecule has 2 unspecified atom stereocenters. The summed E-state index contributed by atoms with van der Waals surface area (Å²) in [7, 11) is -9.92. The van der Waals surface area contributed by atoms with E-state index in [0.29, 0.717) is 25.7 Å². The molecule has 0 saturated heterocycles. The van der Waals surface area contributed by atoms with Crippen LogP contribution in [-0.2, 0) is 65.4 Å². The van der Waals surface area contributed by atoms with Gasteiger partial charge in [-0.3, -0.25) is 37.3 Å². The quantitative estimate of drug-likeness (QED) is 0.0222. The zero-order valence-corrected chi connectivity index (χ0v) is 67.8. The van der Waals surface area contributed by atoms with Crippen LogP contribution in [0.25, 0.3) is 0 Å². The van der Waals surface area contributed by atoms with Crippen molar-refractivity contribution in [3.8, 4) is 0 Å². The van der Waals surface area contributed by atoms with Crippen molar-refractivity contribution in [1.29, 1.82) is 0 Å². The van der Waals surface area contributed by atoms with Crippen LogP contribution in [0.1, 0.15) is 439 Å². The lowest BCUT2D eigenvalue weighted by molar-refractivity contribution is -0.161. The van der Waals surface area contributed by atoms with E-state index in [9.17, 15) is 43.2 Å². The third kappa shape index (κ3) is 76.1. The number of phosphoric ester groups is 2. The van der Waals surface area contributed by atoms with E-state index >= 15 is 0 Å². The van der Waals surface area contributed by atoms with Gasteiger partial charge in [0.15, 0.2) is 12.2 Å². The second-order valence-electron chi connectivity index (χ2n) is 30.0. The molecule has 0 aromatic heterocycles. The maximum Gasteiger partial charge on any atom is 0.472 e. The third-order valence-corrected chi connectivity index (χ3v) is 21.2. The molecule has 0 amide bonds. The smallest absolute Gasteiger partial charge is 0.462 e. The number of aliphatic hydroxyl groups excluding tert-OH is 1. The Hall–Kier alpha value is -1.94. The van der Waals surface area contributed by atoms with E-state index in [2.05, 4.69) is 34.6 Å². The summed E-state index contributed by atoms with van der Waals surface area (Å²) in [6.45, 7) is 7.31. The predicted molar refractivity (Wildman–Crippen MR) is 414 cm³/mol. The summed E-state index contributed by atoms with van der Waals surface area (Å²) >= 11 is 0. The molecule has 0 aliphatic heterocycles. The molecule has 0 spiro atoms. The maximum atomic E-state index is 13.1. The molecule has 0 aliphatic rings. The van der Waals surface area contributed by atoms with Gasteiger partial charge in [-0.25, -0.2) is 9.13 Å². The van der Waals surface area contributed by atoms with Gasteiger partial charge in [-0.2, -0.15) is 0 Å². The van der Waals surface area contributed by atoms with Gasteiger partial charge in [0.2, 0.25) is 0 Å². The van der Waals surface area contributed by atoms with Crippen molar-refractivity contribution in [3.63, 3.8) is 0 Å². The molecule has 17 nitrogen and oxygen atoms in total. The summed E-state index contributed by atoms with van der Waals surface area (Å²) in [5.74, 6) is -1.37. The zero-order chi connectivity index (χ0) is 74.1. The Morgan fingerprint density at radius 3 is 0.673 bits per heavy atom.